The maximum absolute atomic E-state index is 11.0. The molecule has 5 heteroatoms. The standard InChI is InChI=1S/C17H26N2O2S/c1-12-10-14(3)15(11-13(12)2)19-17(22)18-9-7-5-6-8-16(20)21-4/h10-11H,5-9H2,1-4H3,(H2,18,19,22). The quantitative estimate of drug-likeness (QED) is 0.456. The van der Waals surface area contributed by atoms with E-state index in [-0.39, 0.29) is 5.97 Å². The first kappa shape index (κ1) is 18.4. The van der Waals surface area contributed by atoms with Crippen molar-refractivity contribution in [2.45, 2.75) is 46.5 Å². The Balaban J connectivity index is 2.27. The molecule has 0 atom stereocenters. The van der Waals surface area contributed by atoms with Crippen LogP contribution in [-0.2, 0) is 9.53 Å². The molecule has 0 amide bonds. The van der Waals surface area contributed by atoms with Gasteiger partial charge in [0.2, 0.25) is 0 Å². The van der Waals surface area contributed by atoms with Crippen molar-refractivity contribution in [1.82, 2.24) is 5.32 Å². The number of esters is 1. The van der Waals surface area contributed by atoms with E-state index in [1.54, 1.807) is 0 Å². The number of hydrogen-bond acceptors (Lipinski definition) is 3. The van der Waals surface area contributed by atoms with Crippen molar-refractivity contribution in [3.8, 4) is 0 Å². The fourth-order valence-corrected chi connectivity index (χ4v) is 2.35. The van der Waals surface area contributed by atoms with Crippen molar-refractivity contribution in [2.75, 3.05) is 19.0 Å². The molecule has 0 aliphatic heterocycles. The summed E-state index contributed by atoms with van der Waals surface area (Å²) in [5.41, 5.74) is 4.77. The lowest BCUT2D eigenvalue weighted by Crippen LogP contribution is -2.29. The molecule has 0 spiro atoms. The van der Waals surface area contributed by atoms with E-state index in [2.05, 4.69) is 48.3 Å². The lowest BCUT2D eigenvalue weighted by molar-refractivity contribution is -0.140. The van der Waals surface area contributed by atoms with E-state index in [0.717, 1.165) is 31.5 Å². The highest BCUT2D eigenvalue weighted by Gasteiger charge is 2.04. The highest BCUT2D eigenvalue weighted by atomic mass is 32.1. The van der Waals surface area contributed by atoms with Crippen molar-refractivity contribution in [1.29, 1.82) is 0 Å². The molecule has 0 unspecified atom stereocenters. The SMILES string of the molecule is COC(=O)CCCCCNC(=S)Nc1cc(C)c(C)cc1C. The Morgan fingerprint density at radius 2 is 1.77 bits per heavy atom. The summed E-state index contributed by atoms with van der Waals surface area (Å²) < 4.78 is 4.61. The molecule has 0 aromatic heterocycles. The minimum absolute atomic E-state index is 0.143. The summed E-state index contributed by atoms with van der Waals surface area (Å²) >= 11 is 5.31. The predicted molar refractivity (Wildman–Crippen MR) is 95.4 cm³/mol. The van der Waals surface area contributed by atoms with Gasteiger partial charge in [0, 0.05) is 18.7 Å². The van der Waals surface area contributed by atoms with Crippen molar-refractivity contribution in [2.24, 2.45) is 0 Å². The van der Waals surface area contributed by atoms with Gasteiger partial charge in [0.1, 0.15) is 0 Å². The molecule has 2 N–H and O–H groups in total. The van der Waals surface area contributed by atoms with Crippen LogP contribution in [0.1, 0.15) is 42.4 Å². The molecule has 0 fully saturated rings. The molecule has 122 valence electrons. The maximum Gasteiger partial charge on any atom is 0.305 e. The average molecular weight is 322 g/mol. The van der Waals surface area contributed by atoms with Gasteiger partial charge in [-0.25, -0.2) is 0 Å². The Morgan fingerprint density at radius 3 is 2.45 bits per heavy atom. The Morgan fingerprint density at radius 1 is 1.09 bits per heavy atom. The van der Waals surface area contributed by atoms with E-state index in [9.17, 15) is 4.79 Å². The zero-order valence-corrected chi connectivity index (χ0v) is 14.7. The second kappa shape index (κ2) is 9.41. The van der Waals surface area contributed by atoms with Gasteiger partial charge in [-0.05, 0) is 68.6 Å². The molecule has 1 aromatic carbocycles. The van der Waals surface area contributed by atoms with E-state index >= 15 is 0 Å². The molecule has 0 saturated carbocycles. The molecule has 0 aliphatic carbocycles. The number of carbonyl (C=O) groups is 1. The molecule has 1 rings (SSSR count). The van der Waals surface area contributed by atoms with Crippen LogP contribution in [0.3, 0.4) is 0 Å². The van der Waals surface area contributed by atoms with Crippen LogP contribution in [0, 0.1) is 20.8 Å². The molecule has 0 radical (unpaired) electrons. The second-order valence-electron chi connectivity index (χ2n) is 5.52. The van der Waals surface area contributed by atoms with Crippen LogP contribution in [0.15, 0.2) is 12.1 Å². The number of methoxy groups -OCH3 is 1. The number of ether oxygens (including phenoxy) is 1. The zero-order chi connectivity index (χ0) is 16.5. The monoisotopic (exact) mass is 322 g/mol. The summed E-state index contributed by atoms with van der Waals surface area (Å²) in [5.74, 6) is -0.143. The Hall–Kier alpha value is -1.62. The number of aryl methyl sites for hydroxylation is 3. The average Bonchev–Trinajstić information content (AvgIpc) is 2.48. The molecule has 0 bridgehead atoms. The molecule has 4 nitrogen and oxygen atoms in total. The van der Waals surface area contributed by atoms with Gasteiger partial charge in [0.15, 0.2) is 5.11 Å². The van der Waals surface area contributed by atoms with Gasteiger partial charge in [0.25, 0.3) is 0 Å². The van der Waals surface area contributed by atoms with Gasteiger partial charge in [-0.15, -0.1) is 0 Å². The summed E-state index contributed by atoms with van der Waals surface area (Å²) in [4.78, 5) is 11.0. The predicted octanol–water partition coefficient (Wildman–Crippen LogP) is 3.63. The molecular weight excluding hydrogens is 296 g/mol. The van der Waals surface area contributed by atoms with Gasteiger partial charge in [-0.3, -0.25) is 4.79 Å². The van der Waals surface area contributed by atoms with Crippen LogP contribution in [-0.4, -0.2) is 24.7 Å². The fraction of sp³-hybridized carbons (Fsp3) is 0.529. The smallest absolute Gasteiger partial charge is 0.305 e. The van der Waals surface area contributed by atoms with Crippen molar-refractivity contribution in [3.63, 3.8) is 0 Å². The topological polar surface area (TPSA) is 50.4 Å². The third kappa shape index (κ3) is 6.43. The van der Waals surface area contributed by atoms with Gasteiger partial charge in [-0.1, -0.05) is 12.5 Å². The van der Waals surface area contributed by atoms with E-state index in [1.807, 2.05) is 0 Å². The van der Waals surface area contributed by atoms with Crippen LogP contribution in [0.4, 0.5) is 5.69 Å². The number of rotatable bonds is 7. The van der Waals surface area contributed by atoms with Gasteiger partial charge in [0.05, 0.1) is 7.11 Å². The first-order valence-corrected chi connectivity index (χ1v) is 8.04. The molecular formula is C17H26N2O2S. The van der Waals surface area contributed by atoms with Gasteiger partial charge in [-0.2, -0.15) is 0 Å². The number of thiocarbonyl (C=S) groups is 1. The fourth-order valence-electron chi connectivity index (χ4n) is 2.14. The van der Waals surface area contributed by atoms with Crippen LogP contribution >= 0.6 is 12.2 Å². The first-order valence-electron chi connectivity index (χ1n) is 7.63. The summed E-state index contributed by atoms with van der Waals surface area (Å²) in [7, 11) is 1.42. The highest BCUT2D eigenvalue weighted by molar-refractivity contribution is 7.80. The number of benzene rings is 1. The molecule has 22 heavy (non-hydrogen) atoms. The zero-order valence-electron chi connectivity index (χ0n) is 13.9. The number of hydrogen-bond donors (Lipinski definition) is 2. The first-order chi connectivity index (χ1) is 10.4. The summed E-state index contributed by atoms with van der Waals surface area (Å²) in [5, 5.41) is 7.08. The van der Waals surface area contributed by atoms with Crippen LogP contribution < -0.4 is 10.6 Å². The number of anilines is 1. The summed E-state index contributed by atoms with van der Waals surface area (Å²) in [6.07, 6.45) is 3.30. The van der Waals surface area contributed by atoms with Gasteiger partial charge < -0.3 is 15.4 Å². The number of nitrogens with one attached hydrogen (secondary N) is 2. The Kier molecular flexibility index (Phi) is 7.88. The number of carbonyl (C=O) groups excluding carboxylic acids is 1. The third-order valence-corrected chi connectivity index (χ3v) is 3.91. The van der Waals surface area contributed by atoms with Crippen LogP contribution in [0.2, 0.25) is 0 Å². The van der Waals surface area contributed by atoms with E-state index in [0.29, 0.717) is 11.5 Å². The van der Waals surface area contributed by atoms with E-state index in [4.69, 9.17) is 12.2 Å². The molecule has 1 aromatic rings. The van der Waals surface area contributed by atoms with Crippen molar-refractivity contribution in [3.05, 3.63) is 28.8 Å². The van der Waals surface area contributed by atoms with E-state index in [1.165, 1.54) is 23.8 Å². The summed E-state index contributed by atoms with van der Waals surface area (Å²) in [6, 6.07) is 4.28. The number of unbranched alkanes of at least 4 members (excludes halogenated alkanes) is 2. The van der Waals surface area contributed by atoms with Crippen molar-refractivity contribution < 1.29 is 9.53 Å². The minimum atomic E-state index is -0.143. The Labute approximate surface area is 138 Å². The maximum atomic E-state index is 11.0. The molecule has 0 saturated heterocycles. The minimum Gasteiger partial charge on any atom is -0.469 e. The van der Waals surface area contributed by atoms with E-state index < -0.39 is 0 Å². The van der Waals surface area contributed by atoms with Gasteiger partial charge >= 0.3 is 5.97 Å². The lowest BCUT2D eigenvalue weighted by Gasteiger charge is -2.14. The summed E-state index contributed by atoms with van der Waals surface area (Å²) in [6.45, 7) is 7.08. The Bertz CT molecular complexity index is 530. The molecule has 0 heterocycles. The molecule has 0 aliphatic rings. The normalized spacial score (nSPS) is 10.2. The lowest BCUT2D eigenvalue weighted by atomic mass is 10.1. The second-order valence-corrected chi connectivity index (χ2v) is 5.93. The van der Waals surface area contributed by atoms with Crippen LogP contribution in [0.5, 0.6) is 0 Å². The van der Waals surface area contributed by atoms with Crippen molar-refractivity contribution >= 4 is 29.0 Å². The third-order valence-electron chi connectivity index (χ3n) is 3.66. The largest absolute Gasteiger partial charge is 0.469 e. The van der Waals surface area contributed by atoms with Crippen LogP contribution in [0.25, 0.3) is 0 Å². The highest BCUT2D eigenvalue weighted by Crippen LogP contribution is 2.19.